The quantitative estimate of drug-likeness (QED) is 0.430. The van der Waals surface area contributed by atoms with E-state index in [-0.39, 0.29) is 23.1 Å². The van der Waals surface area contributed by atoms with E-state index in [1.165, 1.54) is 33.2 Å². The molecule has 2 aromatic rings. The number of rotatable bonds is 11. The van der Waals surface area contributed by atoms with Crippen molar-refractivity contribution in [2.45, 2.75) is 66.2 Å². The third kappa shape index (κ3) is 8.12. The molecule has 0 bridgehead atoms. The highest BCUT2D eigenvalue weighted by Gasteiger charge is 2.29. The lowest BCUT2D eigenvalue weighted by molar-refractivity contribution is -0.155. The van der Waals surface area contributed by atoms with Crippen LogP contribution in [0.2, 0.25) is 5.02 Å². The molecule has 10 heteroatoms. The van der Waals surface area contributed by atoms with Crippen molar-refractivity contribution in [3.8, 4) is 17.2 Å². The minimum atomic E-state index is -1.03. The van der Waals surface area contributed by atoms with Crippen molar-refractivity contribution in [3.05, 3.63) is 46.7 Å². The van der Waals surface area contributed by atoms with Gasteiger partial charge in [-0.3, -0.25) is 9.59 Å². The zero-order chi connectivity index (χ0) is 27.0. The number of hydrogen-bond acceptors (Lipinski definition) is 8. The number of aromatic nitrogens is 1. The van der Waals surface area contributed by atoms with Gasteiger partial charge < -0.3 is 24.3 Å². The molecule has 0 saturated carbocycles. The molecule has 0 spiro atoms. The van der Waals surface area contributed by atoms with E-state index in [0.29, 0.717) is 17.2 Å². The Kier molecular flexibility index (Phi) is 10.5. The van der Waals surface area contributed by atoms with Crippen molar-refractivity contribution in [2.24, 2.45) is 5.92 Å². The van der Waals surface area contributed by atoms with E-state index in [4.69, 9.17) is 30.5 Å². The molecule has 0 unspecified atom stereocenters. The Morgan fingerprint density at radius 1 is 1.08 bits per heavy atom. The summed E-state index contributed by atoms with van der Waals surface area (Å²) in [5, 5.41) is 3.00. The van der Waals surface area contributed by atoms with Gasteiger partial charge in [0.25, 0.3) is 5.91 Å². The normalized spacial score (nSPS) is 13.4. The number of esters is 2. The number of benzene rings is 1. The highest BCUT2D eigenvalue weighted by molar-refractivity contribution is 6.32. The number of carbonyl (C=O) groups is 3. The van der Waals surface area contributed by atoms with Gasteiger partial charge in [-0.05, 0) is 50.8 Å². The number of hydrogen-bond donors (Lipinski definition) is 1. The summed E-state index contributed by atoms with van der Waals surface area (Å²) in [4.78, 5) is 41.1. The van der Waals surface area contributed by atoms with Gasteiger partial charge in [-0.2, -0.15) is 0 Å². The topological polar surface area (TPSA) is 113 Å². The summed E-state index contributed by atoms with van der Waals surface area (Å²) in [6.07, 6.45) is 0.838. The zero-order valence-electron chi connectivity index (χ0n) is 21.6. The van der Waals surface area contributed by atoms with Gasteiger partial charge in [-0.1, -0.05) is 31.5 Å². The minimum Gasteiger partial charge on any atom is -0.493 e. The Labute approximate surface area is 216 Å². The Morgan fingerprint density at radius 3 is 2.36 bits per heavy atom. The van der Waals surface area contributed by atoms with Crippen LogP contribution in [0.25, 0.3) is 0 Å². The van der Waals surface area contributed by atoms with E-state index in [1.54, 1.807) is 19.1 Å². The van der Waals surface area contributed by atoms with Gasteiger partial charge in [0.2, 0.25) is 5.75 Å². The van der Waals surface area contributed by atoms with E-state index in [2.05, 4.69) is 10.3 Å². The van der Waals surface area contributed by atoms with Crippen LogP contribution in [0.5, 0.6) is 17.2 Å². The number of aryl methyl sites for hydroxylation is 1. The van der Waals surface area contributed by atoms with Crippen molar-refractivity contribution in [2.75, 3.05) is 7.11 Å². The molecule has 0 aliphatic rings. The van der Waals surface area contributed by atoms with E-state index >= 15 is 0 Å². The van der Waals surface area contributed by atoms with Gasteiger partial charge in [0, 0.05) is 19.2 Å². The van der Waals surface area contributed by atoms with Crippen molar-refractivity contribution in [3.63, 3.8) is 0 Å². The lowest BCUT2D eigenvalue weighted by atomic mass is 10.0. The first-order chi connectivity index (χ1) is 16.9. The van der Waals surface area contributed by atoms with Crippen molar-refractivity contribution in [1.82, 2.24) is 10.3 Å². The van der Waals surface area contributed by atoms with Gasteiger partial charge in [-0.15, -0.1) is 0 Å². The van der Waals surface area contributed by atoms with Gasteiger partial charge in [0.15, 0.2) is 11.4 Å². The number of ether oxygens (including phenoxy) is 4. The van der Waals surface area contributed by atoms with Gasteiger partial charge in [0.1, 0.15) is 24.0 Å². The molecule has 0 radical (unpaired) electrons. The summed E-state index contributed by atoms with van der Waals surface area (Å²) in [6.45, 7) is 10.4. The van der Waals surface area contributed by atoms with Gasteiger partial charge in [0.05, 0.1) is 12.1 Å². The average Bonchev–Trinajstić information content (AvgIpc) is 2.79. The summed E-state index contributed by atoms with van der Waals surface area (Å²) < 4.78 is 22.0. The molecular weight excluding hydrogens is 488 g/mol. The van der Waals surface area contributed by atoms with E-state index in [0.717, 1.165) is 5.56 Å². The van der Waals surface area contributed by atoms with Crippen LogP contribution in [0.3, 0.4) is 0 Å². The maximum absolute atomic E-state index is 12.8. The molecule has 0 saturated heterocycles. The SMILES string of the molecule is COc1ccnc(C(=O)N[C@@H](C)C(=O)O[C@@H](C)[C@@H](CC(C)C)Oc2ccc(C)cc2Cl)c1OC(C)=O. The van der Waals surface area contributed by atoms with Crippen LogP contribution in [0.15, 0.2) is 30.5 Å². The Balaban J connectivity index is 2.12. The molecule has 3 atom stereocenters. The third-order valence-corrected chi connectivity index (χ3v) is 5.44. The Morgan fingerprint density at radius 2 is 1.78 bits per heavy atom. The third-order valence-electron chi connectivity index (χ3n) is 5.15. The number of nitrogens with one attached hydrogen (secondary N) is 1. The predicted octanol–water partition coefficient (Wildman–Crippen LogP) is 4.52. The molecule has 1 amide bonds. The second kappa shape index (κ2) is 13.1. The lowest BCUT2D eigenvalue weighted by Crippen LogP contribution is -2.43. The first-order valence-electron chi connectivity index (χ1n) is 11.6. The molecule has 0 fully saturated rings. The number of methoxy groups -OCH3 is 1. The molecule has 1 heterocycles. The van der Waals surface area contributed by atoms with Gasteiger partial charge >= 0.3 is 11.9 Å². The molecular formula is C26H33ClN2O7. The number of carbonyl (C=O) groups excluding carboxylic acids is 3. The number of nitrogens with zero attached hydrogens (tertiary/aromatic N) is 1. The fraction of sp³-hybridized carbons (Fsp3) is 0.462. The molecule has 1 aromatic heterocycles. The fourth-order valence-electron chi connectivity index (χ4n) is 3.35. The lowest BCUT2D eigenvalue weighted by Gasteiger charge is -2.28. The summed E-state index contributed by atoms with van der Waals surface area (Å²) in [7, 11) is 1.37. The van der Waals surface area contributed by atoms with Crippen LogP contribution in [0, 0.1) is 12.8 Å². The molecule has 196 valence electrons. The maximum Gasteiger partial charge on any atom is 0.328 e. The molecule has 1 aromatic carbocycles. The van der Waals surface area contributed by atoms with Crippen molar-refractivity contribution >= 4 is 29.4 Å². The van der Waals surface area contributed by atoms with Crippen molar-refractivity contribution in [1.29, 1.82) is 0 Å². The first kappa shape index (κ1) is 28.9. The molecule has 1 N–H and O–H groups in total. The second-order valence-corrected chi connectivity index (χ2v) is 9.25. The molecule has 0 aliphatic heterocycles. The van der Waals surface area contributed by atoms with Crippen LogP contribution in [-0.2, 0) is 14.3 Å². The van der Waals surface area contributed by atoms with Gasteiger partial charge in [-0.25, -0.2) is 9.78 Å². The summed E-state index contributed by atoms with van der Waals surface area (Å²) >= 11 is 6.33. The van der Waals surface area contributed by atoms with Crippen LogP contribution in [0.4, 0.5) is 0 Å². The molecule has 36 heavy (non-hydrogen) atoms. The summed E-state index contributed by atoms with van der Waals surface area (Å²) in [5.41, 5.74) is 0.798. The number of amides is 1. The summed E-state index contributed by atoms with van der Waals surface area (Å²) in [5.74, 6) is -1.28. The van der Waals surface area contributed by atoms with Crippen LogP contribution in [-0.4, -0.2) is 48.2 Å². The summed E-state index contributed by atoms with van der Waals surface area (Å²) in [6, 6.07) is 5.89. The van der Waals surface area contributed by atoms with Crippen LogP contribution < -0.4 is 19.5 Å². The van der Waals surface area contributed by atoms with E-state index in [9.17, 15) is 14.4 Å². The maximum atomic E-state index is 12.8. The fourth-order valence-corrected chi connectivity index (χ4v) is 3.62. The van der Waals surface area contributed by atoms with E-state index < -0.39 is 36.1 Å². The Bertz CT molecular complexity index is 1090. The Hall–Kier alpha value is -3.33. The number of pyridine rings is 1. The highest BCUT2D eigenvalue weighted by Crippen LogP contribution is 2.30. The monoisotopic (exact) mass is 520 g/mol. The molecule has 9 nitrogen and oxygen atoms in total. The highest BCUT2D eigenvalue weighted by atomic mass is 35.5. The average molecular weight is 521 g/mol. The first-order valence-corrected chi connectivity index (χ1v) is 12.0. The number of halogens is 1. The molecule has 2 rings (SSSR count). The van der Waals surface area contributed by atoms with E-state index in [1.807, 2.05) is 26.8 Å². The predicted molar refractivity (Wildman–Crippen MR) is 135 cm³/mol. The van der Waals surface area contributed by atoms with Crippen molar-refractivity contribution < 1.29 is 33.3 Å². The minimum absolute atomic E-state index is 0.140. The second-order valence-electron chi connectivity index (χ2n) is 8.84. The standard InChI is InChI=1S/C26H33ClN2O7/c1-14(2)12-22(36-20-9-8-15(3)13-19(20)27)17(5)34-26(32)16(4)29-25(31)23-24(35-18(6)30)21(33-7)10-11-28-23/h8-11,13-14,16-17,22H,12H2,1-7H3,(H,29,31)/t16-,17-,22+/m0/s1. The smallest absolute Gasteiger partial charge is 0.328 e. The largest absolute Gasteiger partial charge is 0.493 e. The molecule has 0 aliphatic carbocycles. The van der Waals surface area contributed by atoms with Crippen LogP contribution >= 0.6 is 11.6 Å². The van der Waals surface area contributed by atoms with Crippen LogP contribution in [0.1, 0.15) is 57.1 Å². The zero-order valence-corrected chi connectivity index (χ0v) is 22.3.